The normalized spacial score (nSPS) is 21.1. The van der Waals surface area contributed by atoms with Gasteiger partial charge in [0, 0.05) is 39.6 Å². The van der Waals surface area contributed by atoms with Gasteiger partial charge in [-0.25, -0.2) is 14.6 Å². The van der Waals surface area contributed by atoms with Crippen LogP contribution >= 0.6 is 0 Å². The van der Waals surface area contributed by atoms with Crippen molar-refractivity contribution in [2.24, 2.45) is 5.92 Å². The van der Waals surface area contributed by atoms with Crippen molar-refractivity contribution in [3.8, 4) is 0 Å². The third kappa shape index (κ3) is 3.35. The van der Waals surface area contributed by atoms with Crippen LogP contribution in [0.3, 0.4) is 0 Å². The summed E-state index contributed by atoms with van der Waals surface area (Å²) in [6, 6.07) is 0. The second-order valence-electron chi connectivity index (χ2n) is 6.87. The van der Waals surface area contributed by atoms with Gasteiger partial charge in [-0.1, -0.05) is 0 Å². The molecule has 9 heteroatoms. The van der Waals surface area contributed by atoms with Gasteiger partial charge in [0.2, 0.25) is 17.2 Å². The quantitative estimate of drug-likeness (QED) is 0.875. The summed E-state index contributed by atoms with van der Waals surface area (Å²) in [4.78, 5) is 25.1. The highest BCUT2D eigenvalue weighted by Gasteiger charge is 2.28. The van der Waals surface area contributed by atoms with Crippen molar-refractivity contribution in [1.82, 2.24) is 25.6 Å². The average Bonchev–Trinajstić information content (AvgIpc) is 3.30. The number of hydrogen-bond donors (Lipinski definition) is 1. The summed E-state index contributed by atoms with van der Waals surface area (Å²) in [5.74, 6) is 2.17. The van der Waals surface area contributed by atoms with E-state index in [1.807, 2.05) is 0 Å². The van der Waals surface area contributed by atoms with Crippen molar-refractivity contribution in [1.29, 1.82) is 0 Å². The van der Waals surface area contributed by atoms with Crippen LogP contribution in [0.1, 0.15) is 32.6 Å². The first-order valence-electron chi connectivity index (χ1n) is 8.95. The third-order valence-corrected chi connectivity index (χ3v) is 4.94. The van der Waals surface area contributed by atoms with E-state index in [2.05, 4.69) is 30.4 Å². The Kier molecular flexibility index (Phi) is 4.37. The minimum absolute atomic E-state index is 0.0183. The van der Waals surface area contributed by atoms with Crippen LogP contribution in [0.2, 0.25) is 0 Å². The maximum atomic E-state index is 11.2. The Morgan fingerprint density at radius 1 is 1.08 bits per heavy atom. The fourth-order valence-electron chi connectivity index (χ4n) is 3.69. The van der Waals surface area contributed by atoms with Gasteiger partial charge in [0.1, 0.15) is 0 Å². The Hall–Kier alpha value is -2.45. The monoisotopic (exact) mass is 345 g/mol. The predicted octanol–water partition coefficient (Wildman–Crippen LogP) is 0.965. The van der Waals surface area contributed by atoms with Crippen LogP contribution in [-0.2, 0) is 4.79 Å². The highest BCUT2D eigenvalue weighted by Crippen LogP contribution is 2.32. The lowest BCUT2D eigenvalue weighted by Gasteiger charge is -2.35. The van der Waals surface area contributed by atoms with Crippen LogP contribution in [0, 0.1) is 5.92 Å². The zero-order valence-corrected chi connectivity index (χ0v) is 14.4. The number of carbonyl (C=O) groups is 1. The number of piperidine rings is 1. The third-order valence-electron chi connectivity index (χ3n) is 4.94. The fourth-order valence-corrected chi connectivity index (χ4v) is 3.69. The van der Waals surface area contributed by atoms with Gasteiger partial charge in [-0.15, -0.1) is 0 Å². The zero-order valence-electron chi connectivity index (χ0n) is 14.4. The molecular formula is C16H23N7O2. The summed E-state index contributed by atoms with van der Waals surface area (Å²) in [5.41, 5.74) is 0.902. The Bertz CT molecular complexity index is 756. The van der Waals surface area contributed by atoms with Crippen molar-refractivity contribution in [3.05, 3.63) is 0 Å². The Balaban J connectivity index is 1.62. The summed E-state index contributed by atoms with van der Waals surface area (Å²) in [7, 11) is 0. The molecule has 4 rings (SSSR count). The average molecular weight is 345 g/mol. The SMILES string of the molecule is CC(=O)NCC1CCCN(c2nc3nonc3nc2N2CCCC2)C1. The molecule has 1 unspecified atom stereocenters. The molecule has 2 saturated heterocycles. The number of nitrogens with zero attached hydrogens (tertiary/aromatic N) is 6. The summed E-state index contributed by atoms with van der Waals surface area (Å²) >= 11 is 0. The molecule has 2 aliphatic heterocycles. The molecule has 0 saturated carbocycles. The van der Waals surface area contributed by atoms with Crippen LogP contribution in [-0.4, -0.2) is 58.9 Å². The fraction of sp³-hybridized carbons (Fsp3) is 0.688. The zero-order chi connectivity index (χ0) is 17.2. The molecule has 134 valence electrons. The van der Waals surface area contributed by atoms with E-state index in [1.165, 1.54) is 12.8 Å². The lowest BCUT2D eigenvalue weighted by atomic mass is 9.98. The van der Waals surface area contributed by atoms with E-state index in [0.717, 1.165) is 50.7 Å². The molecule has 2 aromatic heterocycles. The van der Waals surface area contributed by atoms with Gasteiger partial charge in [0.15, 0.2) is 11.6 Å². The van der Waals surface area contributed by atoms with E-state index in [9.17, 15) is 4.79 Å². The molecule has 25 heavy (non-hydrogen) atoms. The van der Waals surface area contributed by atoms with Gasteiger partial charge in [0.05, 0.1) is 0 Å². The summed E-state index contributed by atoms with van der Waals surface area (Å²) in [6.45, 7) is 6.02. The molecule has 0 bridgehead atoms. The molecular weight excluding hydrogens is 322 g/mol. The number of fused-ring (bicyclic) bond motifs is 1. The van der Waals surface area contributed by atoms with Crippen LogP contribution < -0.4 is 15.1 Å². The highest BCUT2D eigenvalue weighted by molar-refractivity contribution is 5.75. The van der Waals surface area contributed by atoms with E-state index in [-0.39, 0.29) is 5.91 Å². The van der Waals surface area contributed by atoms with Crippen molar-refractivity contribution in [2.75, 3.05) is 42.5 Å². The number of carbonyl (C=O) groups excluding carboxylic acids is 1. The van der Waals surface area contributed by atoms with Crippen molar-refractivity contribution in [3.63, 3.8) is 0 Å². The second kappa shape index (κ2) is 6.81. The van der Waals surface area contributed by atoms with Crippen LogP contribution in [0.5, 0.6) is 0 Å². The topological polar surface area (TPSA) is 100 Å². The predicted molar refractivity (Wildman–Crippen MR) is 92.5 cm³/mol. The molecule has 2 fully saturated rings. The first-order valence-corrected chi connectivity index (χ1v) is 8.95. The maximum absolute atomic E-state index is 11.2. The molecule has 0 aliphatic carbocycles. The lowest BCUT2D eigenvalue weighted by Crippen LogP contribution is -2.41. The summed E-state index contributed by atoms with van der Waals surface area (Å²) < 4.78 is 4.80. The number of amides is 1. The van der Waals surface area contributed by atoms with Crippen molar-refractivity contribution < 1.29 is 9.42 Å². The Morgan fingerprint density at radius 3 is 2.40 bits per heavy atom. The van der Waals surface area contributed by atoms with Crippen LogP contribution in [0.15, 0.2) is 4.63 Å². The van der Waals surface area contributed by atoms with E-state index in [1.54, 1.807) is 6.92 Å². The van der Waals surface area contributed by atoms with Gasteiger partial charge in [-0.2, -0.15) is 0 Å². The van der Waals surface area contributed by atoms with E-state index in [0.29, 0.717) is 23.8 Å². The molecule has 1 atom stereocenters. The van der Waals surface area contributed by atoms with E-state index in [4.69, 9.17) is 9.61 Å². The molecule has 2 aliphatic rings. The summed E-state index contributed by atoms with van der Waals surface area (Å²) in [5, 5.41) is 10.6. The Labute approximate surface area is 145 Å². The smallest absolute Gasteiger partial charge is 0.245 e. The molecule has 2 aromatic rings. The van der Waals surface area contributed by atoms with Crippen molar-refractivity contribution in [2.45, 2.75) is 32.6 Å². The van der Waals surface area contributed by atoms with Gasteiger partial charge >= 0.3 is 0 Å². The van der Waals surface area contributed by atoms with E-state index < -0.39 is 0 Å². The van der Waals surface area contributed by atoms with Crippen LogP contribution in [0.25, 0.3) is 11.3 Å². The van der Waals surface area contributed by atoms with Crippen molar-refractivity contribution >= 4 is 28.8 Å². The number of anilines is 2. The first kappa shape index (κ1) is 16.0. The second-order valence-corrected chi connectivity index (χ2v) is 6.87. The Morgan fingerprint density at radius 2 is 1.72 bits per heavy atom. The number of hydrogen-bond acceptors (Lipinski definition) is 8. The maximum Gasteiger partial charge on any atom is 0.245 e. The summed E-state index contributed by atoms with van der Waals surface area (Å²) in [6.07, 6.45) is 4.51. The molecule has 0 aromatic carbocycles. The van der Waals surface area contributed by atoms with Gasteiger partial charge < -0.3 is 15.1 Å². The standard InChI is InChI=1S/C16H23N7O2/c1-11(24)17-9-12-5-4-8-23(10-12)16-15(22-6-2-3-7-22)18-13-14(19-16)21-25-20-13/h12H,2-10H2,1H3,(H,17,24). The van der Waals surface area contributed by atoms with E-state index >= 15 is 0 Å². The molecule has 1 amide bonds. The highest BCUT2D eigenvalue weighted by atomic mass is 16.6. The molecule has 4 heterocycles. The number of rotatable bonds is 4. The minimum Gasteiger partial charge on any atom is -0.356 e. The molecule has 0 spiro atoms. The molecule has 1 N–H and O–H groups in total. The molecule has 9 nitrogen and oxygen atoms in total. The number of nitrogens with one attached hydrogen (secondary N) is 1. The van der Waals surface area contributed by atoms with Gasteiger partial charge in [-0.05, 0) is 41.9 Å². The minimum atomic E-state index is 0.0183. The largest absolute Gasteiger partial charge is 0.356 e. The lowest BCUT2D eigenvalue weighted by molar-refractivity contribution is -0.119. The van der Waals surface area contributed by atoms with Gasteiger partial charge in [-0.3, -0.25) is 4.79 Å². The number of aromatic nitrogens is 4. The van der Waals surface area contributed by atoms with Crippen LogP contribution in [0.4, 0.5) is 11.6 Å². The molecule has 0 radical (unpaired) electrons. The first-order chi connectivity index (χ1) is 12.2. The van der Waals surface area contributed by atoms with Gasteiger partial charge in [0.25, 0.3) is 0 Å².